The maximum absolute atomic E-state index is 13.4. The second-order valence-corrected chi connectivity index (χ2v) is 9.24. The van der Waals surface area contributed by atoms with E-state index in [0.29, 0.717) is 10.2 Å². The highest BCUT2D eigenvalue weighted by atomic mass is 32.1. The second-order valence-electron chi connectivity index (χ2n) is 8.24. The number of ketones is 1. The Morgan fingerprint density at radius 2 is 1.86 bits per heavy atom. The fourth-order valence-corrected chi connectivity index (χ4v) is 5.27. The van der Waals surface area contributed by atoms with E-state index in [9.17, 15) is 22.8 Å². The number of thiophene rings is 1. The number of hydrogen-bond donors (Lipinski definition) is 2. The van der Waals surface area contributed by atoms with Crippen LogP contribution in [0.25, 0.3) is 15.9 Å². The third kappa shape index (κ3) is 4.53. The van der Waals surface area contributed by atoms with Gasteiger partial charge in [-0.2, -0.15) is 0 Å². The lowest BCUT2D eigenvalue weighted by Crippen LogP contribution is -2.41. The molecule has 3 heterocycles. The van der Waals surface area contributed by atoms with E-state index in [0.717, 1.165) is 77.9 Å². The lowest BCUT2D eigenvalue weighted by molar-refractivity contribution is -0.672. The number of benzene rings is 1. The minimum absolute atomic E-state index is 0.142. The summed E-state index contributed by atoms with van der Waals surface area (Å²) in [7, 11) is 0. The molecule has 0 aliphatic heterocycles. The molecular formula is C23H20F3N4O4S+. The first kappa shape index (κ1) is 23.1. The molecule has 35 heavy (non-hydrogen) atoms. The molecule has 1 aliphatic rings. The van der Waals surface area contributed by atoms with Gasteiger partial charge in [0.25, 0.3) is 5.78 Å². The molecule has 0 fully saturated rings. The third-order valence-electron chi connectivity index (χ3n) is 5.90. The van der Waals surface area contributed by atoms with Crippen LogP contribution in [-0.4, -0.2) is 22.4 Å². The number of halogens is 3. The molecule has 12 heteroatoms. The van der Waals surface area contributed by atoms with Crippen molar-refractivity contribution >= 4 is 33.0 Å². The number of carbonyl (C=O) groups excluding carboxylic acids is 1. The standard InChI is InChI=1S/C23H19F3N4O4S/c24-23(25,26)33-14-9-7-13(8-10-14)30-18(22(32)34-29-30)19(31)20-17(27)15-11-12-5-3-1-2-4-6-16(12)28-21(15)35-20/h7-11H,1-6H2,(H2-,27,29,31,32)/p+1. The van der Waals surface area contributed by atoms with Gasteiger partial charge < -0.3 is 10.5 Å². The van der Waals surface area contributed by atoms with Crippen LogP contribution in [0.2, 0.25) is 0 Å². The Morgan fingerprint density at radius 3 is 2.57 bits per heavy atom. The molecule has 1 aliphatic carbocycles. The maximum Gasteiger partial charge on any atom is 0.573 e. The molecule has 0 saturated heterocycles. The molecule has 3 aromatic heterocycles. The number of nitrogens with zero attached hydrogens (tertiary/aromatic N) is 2. The molecule has 182 valence electrons. The summed E-state index contributed by atoms with van der Waals surface area (Å²) in [6.07, 6.45) is 1.34. The van der Waals surface area contributed by atoms with Crippen molar-refractivity contribution in [2.75, 3.05) is 5.73 Å². The second kappa shape index (κ2) is 8.84. The summed E-state index contributed by atoms with van der Waals surface area (Å²) < 4.78 is 47.1. The van der Waals surface area contributed by atoms with E-state index in [1.54, 1.807) is 0 Å². The molecule has 0 amide bonds. The molecule has 0 unspecified atom stereocenters. The van der Waals surface area contributed by atoms with Crippen molar-refractivity contribution in [2.45, 2.75) is 44.9 Å². The Morgan fingerprint density at radius 1 is 1.14 bits per heavy atom. The van der Waals surface area contributed by atoms with E-state index in [4.69, 9.17) is 15.2 Å². The number of aryl methyl sites for hydroxylation is 2. The van der Waals surface area contributed by atoms with Crippen LogP contribution in [0.3, 0.4) is 0 Å². The average Bonchev–Trinajstić information content (AvgIpc) is 3.32. The van der Waals surface area contributed by atoms with Gasteiger partial charge in [-0.3, -0.25) is 9.32 Å². The van der Waals surface area contributed by atoms with Crippen molar-refractivity contribution < 1.29 is 31.9 Å². The molecule has 1 aromatic carbocycles. The number of nitrogens with two attached hydrogens (primary N) is 1. The fourth-order valence-electron chi connectivity index (χ4n) is 4.23. The summed E-state index contributed by atoms with van der Waals surface area (Å²) in [5.41, 5.74) is 7.58. The Bertz CT molecular complexity index is 1470. The molecular weight excluding hydrogens is 485 g/mol. The van der Waals surface area contributed by atoms with Crippen molar-refractivity contribution in [3.8, 4) is 11.4 Å². The van der Waals surface area contributed by atoms with Gasteiger partial charge in [-0.1, -0.05) is 12.8 Å². The highest BCUT2D eigenvalue weighted by Crippen LogP contribution is 2.36. The number of nitrogens with one attached hydrogen (secondary N) is 1. The van der Waals surface area contributed by atoms with Crippen LogP contribution in [0.5, 0.6) is 5.75 Å². The van der Waals surface area contributed by atoms with E-state index in [2.05, 4.69) is 10.0 Å². The SMILES string of the molecule is Nc1c(C(=O)c2c(=O)o[nH][n+]2-c2ccc(OC(F)(F)F)cc2)sc2nc3c(cc12)CCCCCC3. The van der Waals surface area contributed by atoms with E-state index in [1.165, 1.54) is 12.1 Å². The molecule has 5 rings (SSSR count). The number of H-pyrrole nitrogens is 1. The van der Waals surface area contributed by atoms with E-state index in [-0.39, 0.29) is 21.9 Å². The first-order chi connectivity index (χ1) is 16.7. The predicted molar refractivity (Wildman–Crippen MR) is 121 cm³/mol. The Kier molecular flexibility index (Phi) is 5.83. The lowest BCUT2D eigenvalue weighted by Gasteiger charge is -2.12. The topological polar surface area (TPSA) is 115 Å². The van der Waals surface area contributed by atoms with Crippen LogP contribution in [0.1, 0.15) is 52.3 Å². The van der Waals surface area contributed by atoms with Gasteiger partial charge in [-0.15, -0.1) is 24.5 Å². The zero-order valence-corrected chi connectivity index (χ0v) is 19.1. The van der Waals surface area contributed by atoms with Gasteiger partial charge in [0, 0.05) is 23.2 Å². The number of fused-ring (bicyclic) bond motifs is 2. The molecule has 0 radical (unpaired) electrons. The first-order valence-electron chi connectivity index (χ1n) is 11.0. The summed E-state index contributed by atoms with van der Waals surface area (Å²) in [4.78, 5) is 31.4. The lowest BCUT2D eigenvalue weighted by atomic mass is 9.96. The zero-order chi connectivity index (χ0) is 24.7. The number of rotatable bonds is 4. The number of nitrogen functional groups attached to an aromatic ring is 1. The van der Waals surface area contributed by atoms with E-state index in [1.807, 2.05) is 6.07 Å². The van der Waals surface area contributed by atoms with Crippen LogP contribution < -0.4 is 20.8 Å². The quantitative estimate of drug-likeness (QED) is 0.317. The van der Waals surface area contributed by atoms with Gasteiger partial charge in [-0.25, -0.2) is 9.78 Å². The summed E-state index contributed by atoms with van der Waals surface area (Å²) in [6, 6.07) is 6.60. The van der Waals surface area contributed by atoms with Crippen LogP contribution in [0, 0.1) is 0 Å². The van der Waals surface area contributed by atoms with Crippen molar-refractivity contribution in [1.82, 2.24) is 10.3 Å². The minimum Gasteiger partial charge on any atom is -0.406 e. The van der Waals surface area contributed by atoms with Gasteiger partial charge in [0.15, 0.2) is 0 Å². The summed E-state index contributed by atoms with van der Waals surface area (Å²) in [6.45, 7) is 0. The van der Waals surface area contributed by atoms with Crippen LogP contribution in [0.4, 0.5) is 18.9 Å². The van der Waals surface area contributed by atoms with Crippen molar-refractivity contribution in [2.24, 2.45) is 0 Å². The Hall–Kier alpha value is -3.67. The van der Waals surface area contributed by atoms with Crippen molar-refractivity contribution in [1.29, 1.82) is 0 Å². The average molecular weight is 505 g/mol. The van der Waals surface area contributed by atoms with Gasteiger partial charge in [0.2, 0.25) is 5.69 Å². The Balaban J connectivity index is 1.53. The van der Waals surface area contributed by atoms with Crippen molar-refractivity contribution in [3.05, 3.63) is 62.6 Å². The molecule has 8 nitrogen and oxygen atoms in total. The number of anilines is 1. The van der Waals surface area contributed by atoms with Crippen LogP contribution >= 0.6 is 11.3 Å². The summed E-state index contributed by atoms with van der Waals surface area (Å²) in [5.74, 6) is -1.13. The van der Waals surface area contributed by atoms with Crippen molar-refractivity contribution in [3.63, 3.8) is 0 Å². The number of hydrogen-bond acceptors (Lipinski definition) is 7. The number of pyridine rings is 1. The molecule has 4 aromatic rings. The third-order valence-corrected chi connectivity index (χ3v) is 7.01. The largest absolute Gasteiger partial charge is 0.573 e. The van der Waals surface area contributed by atoms with Crippen LogP contribution in [-0.2, 0) is 12.8 Å². The molecule has 3 N–H and O–H groups in total. The zero-order valence-electron chi connectivity index (χ0n) is 18.3. The maximum atomic E-state index is 13.4. The predicted octanol–water partition coefficient (Wildman–Crippen LogP) is 4.23. The molecule has 0 saturated carbocycles. The molecule has 0 bridgehead atoms. The normalized spacial score (nSPS) is 14.4. The first-order valence-corrected chi connectivity index (χ1v) is 11.8. The van der Waals surface area contributed by atoms with Gasteiger partial charge >= 0.3 is 17.7 Å². The van der Waals surface area contributed by atoms with Gasteiger partial charge in [0.1, 0.15) is 15.5 Å². The number of ether oxygens (including phenoxy) is 1. The highest BCUT2D eigenvalue weighted by Gasteiger charge is 2.35. The summed E-state index contributed by atoms with van der Waals surface area (Å²) >= 11 is 1.10. The summed E-state index contributed by atoms with van der Waals surface area (Å²) in [5, 5.41) is 2.98. The number of alkyl halides is 3. The van der Waals surface area contributed by atoms with Gasteiger partial charge in [0.05, 0.1) is 5.69 Å². The van der Waals surface area contributed by atoms with Crippen LogP contribution in [0.15, 0.2) is 39.6 Å². The number of carbonyl (C=O) groups is 1. The van der Waals surface area contributed by atoms with Gasteiger partial charge in [-0.05, 0) is 59.4 Å². The van der Waals surface area contributed by atoms with E-state index < -0.39 is 23.5 Å². The van der Waals surface area contributed by atoms with E-state index >= 15 is 0 Å². The monoisotopic (exact) mass is 505 g/mol. The number of aromatic nitrogens is 3. The minimum atomic E-state index is -4.84. The highest BCUT2D eigenvalue weighted by molar-refractivity contribution is 7.21. The number of aromatic amines is 1. The fraction of sp³-hybridized carbons (Fsp3) is 0.304. The smallest absolute Gasteiger partial charge is 0.406 e. The molecule has 0 spiro atoms. The molecule has 0 atom stereocenters. The Labute approximate surface area is 200 Å².